The fraction of sp³-hybridized carbons (Fsp3) is 0.500. The molecule has 0 atom stereocenters. The molecule has 1 N–H and O–H groups in total. The molecule has 1 saturated carbocycles. The first kappa shape index (κ1) is 18.5. The monoisotopic (exact) mass is 339 g/mol. The highest BCUT2D eigenvalue weighted by atomic mass is 19.3. The van der Waals surface area contributed by atoms with Crippen LogP contribution in [0.25, 0.3) is 5.70 Å². The van der Waals surface area contributed by atoms with Gasteiger partial charge in [-0.25, -0.2) is 8.78 Å². The molecule has 0 aromatic heterocycles. The summed E-state index contributed by atoms with van der Waals surface area (Å²) < 4.78 is 36.8. The lowest BCUT2D eigenvalue weighted by Gasteiger charge is -2.27. The molecule has 1 aliphatic carbocycles. The van der Waals surface area contributed by atoms with Crippen molar-refractivity contribution in [2.75, 3.05) is 14.2 Å². The van der Waals surface area contributed by atoms with E-state index in [1.807, 2.05) is 30.3 Å². The number of amides is 1. The minimum Gasteiger partial charge on any atom is -0.352 e. The van der Waals surface area contributed by atoms with Crippen molar-refractivity contribution >= 4 is 11.6 Å². The number of hydrogen-bond donors (Lipinski definition) is 1. The highest BCUT2D eigenvalue weighted by Gasteiger charge is 2.37. The Morgan fingerprint density at radius 1 is 1.21 bits per heavy atom. The number of carbonyl (C=O) groups is 1. The van der Waals surface area contributed by atoms with Crippen LogP contribution < -0.4 is 5.32 Å². The van der Waals surface area contributed by atoms with Crippen LogP contribution in [0, 0.1) is 5.92 Å². The molecule has 24 heavy (non-hydrogen) atoms. The number of alkyl halides is 2. The Balaban J connectivity index is 2.12. The van der Waals surface area contributed by atoms with Gasteiger partial charge in [0.25, 0.3) is 0 Å². The van der Waals surface area contributed by atoms with Crippen molar-refractivity contribution in [2.45, 2.75) is 37.9 Å². The molecule has 0 saturated heterocycles. The van der Waals surface area contributed by atoms with E-state index in [-0.39, 0.29) is 31.6 Å². The molecule has 0 radical (unpaired) electrons. The van der Waals surface area contributed by atoms with E-state index < -0.39 is 18.1 Å². The molecular weight excluding hydrogens is 316 g/mol. The molecule has 0 unspecified atom stereocenters. The molecule has 0 bridgehead atoms. The zero-order chi connectivity index (χ0) is 17.6. The lowest BCUT2D eigenvalue weighted by molar-refractivity contribution is -0.127. The van der Waals surface area contributed by atoms with Gasteiger partial charge in [-0.2, -0.15) is 0 Å². The minimum atomic E-state index is -2.65. The zero-order valence-corrected chi connectivity index (χ0v) is 13.9. The number of halogens is 2. The molecule has 0 spiro atoms. The summed E-state index contributed by atoms with van der Waals surface area (Å²) in [6.07, 6.45) is 0.946. The standard InChI is InChI=1S/C18H23F2NO3/c1-23-16(24-2)12-15(13-6-4-3-5-7-13)21-17(22)14-8-10-18(19,20)11-9-14/h3-7,12,14,16H,8-11H2,1-2H3,(H,21,22)/b15-12+. The number of benzene rings is 1. The molecule has 1 aromatic carbocycles. The second-order valence-electron chi connectivity index (χ2n) is 5.91. The summed E-state index contributed by atoms with van der Waals surface area (Å²) in [5.74, 6) is -3.29. The summed E-state index contributed by atoms with van der Waals surface area (Å²) in [4.78, 5) is 12.5. The summed E-state index contributed by atoms with van der Waals surface area (Å²) in [5, 5.41) is 2.85. The van der Waals surface area contributed by atoms with Gasteiger partial charge in [0.2, 0.25) is 11.8 Å². The lowest BCUT2D eigenvalue weighted by Crippen LogP contribution is -2.35. The maximum absolute atomic E-state index is 13.3. The van der Waals surface area contributed by atoms with Gasteiger partial charge in [-0.05, 0) is 24.5 Å². The van der Waals surface area contributed by atoms with E-state index in [0.29, 0.717) is 5.70 Å². The van der Waals surface area contributed by atoms with Crippen molar-refractivity contribution in [2.24, 2.45) is 5.92 Å². The Bertz CT molecular complexity index is 561. The SMILES string of the molecule is COC(/C=C(/NC(=O)C1CCC(F)(F)CC1)c1ccccc1)OC. The molecule has 1 aromatic rings. The van der Waals surface area contributed by atoms with E-state index in [4.69, 9.17) is 9.47 Å². The van der Waals surface area contributed by atoms with Gasteiger partial charge in [0, 0.05) is 38.7 Å². The Labute approximate surface area is 140 Å². The highest BCUT2D eigenvalue weighted by molar-refractivity contribution is 5.88. The molecule has 2 rings (SSSR count). The lowest BCUT2D eigenvalue weighted by atomic mass is 9.86. The maximum atomic E-state index is 13.3. The van der Waals surface area contributed by atoms with Gasteiger partial charge in [0.05, 0.1) is 0 Å². The normalized spacial score (nSPS) is 18.6. The van der Waals surface area contributed by atoms with Crippen LogP contribution >= 0.6 is 0 Å². The first-order valence-electron chi connectivity index (χ1n) is 7.96. The molecule has 0 aliphatic heterocycles. The zero-order valence-electron chi connectivity index (χ0n) is 13.9. The molecule has 4 nitrogen and oxygen atoms in total. The second kappa shape index (κ2) is 8.35. The molecular formula is C18H23F2NO3. The van der Waals surface area contributed by atoms with Crippen LogP contribution in [0.5, 0.6) is 0 Å². The molecule has 1 fully saturated rings. The summed E-state index contributed by atoms with van der Waals surface area (Å²) in [7, 11) is 3.00. The summed E-state index contributed by atoms with van der Waals surface area (Å²) in [6, 6.07) is 9.28. The van der Waals surface area contributed by atoms with Crippen molar-refractivity contribution in [3.05, 3.63) is 42.0 Å². The van der Waals surface area contributed by atoms with Crippen LogP contribution in [0.15, 0.2) is 36.4 Å². The fourth-order valence-corrected chi connectivity index (χ4v) is 2.73. The van der Waals surface area contributed by atoms with Crippen molar-refractivity contribution in [1.82, 2.24) is 5.32 Å². The van der Waals surface area contributed by atoms with Crippen molar-refractivity contribution in [3.63, 3.8) is 0 Å². The van der Waals surface area contributed by atoms with E-state index in [9.17, 15) is 13.6 Å². The van der Waals surface area contributed by atoms with Crippen molar-refractivity contribution in [1.29, 1.82) is 0 Å². The topological polar surface area (TPSA) is 47.6 Å². The van der Waals surface area contributed by atoms with Gasteiger partial charge in [-0.3, -0.25) is 4.79 Å². The summed E-state index contributed by atoms with van der Waals surface area (Å²) in [5.41, 5.74) is 1.35. The quantitative estimate of drug-likeness (QED) is 0.806. The van der Waals surface area contributed by atoms with Crippen LogP contribution in [-0.2, 0) is 14.3 Å². The second-order valence-corrected chi connectivity index (χ2v) is 5.91. The third-order valence-corrected chi connectivity index (χ3v) is 4.20. The summed E-state index contributed by atoms with van der Waals surface area (Å²) >= 11 is 0. The predicted octanol–water partition coefficient (Wildman–Crippen LogP) is 3.59. The molecule has 0 heterocycles. The molecule has 6 heteroatoms. The number of methoxy groups -OCH3 is 2. The van der Waals surface area contributed by atoms with E-state index in [0.717, 1.165) is 5.56 Å². The van der Waals surface area contributed by atoms with Crippen LogP contribution in [0.2, 0.25) is 0 Å². The molecule has 132 valence electrons. The Morgan fingerprint density at radius 2 is 1.79 bits per heavy atom. The Hall–Kier alpha value is -1.79. The number of rotatable bonds is 6. The van der Waals surface area contributed by atoms with Gasteiger partial charge < -0.3 is 14.8 Å². The Morgan fingerprint density at radius 3 is 2.33 bits per heavy atom. The first-order valence-corrected chi connectivity index (χ1v) is 7.96. The van der Waals surface area contributed by atoms with E-state index in [2.05, 4.69) is 5.32 Å². The smallest absolute Gasteiger partial charge is 0.248 e. The van der Waals surface area contributed by atoms with Crippen LogP contribution in [0.4, 0.5) is 8.78 Å². The number of hydrogen-bond acceptors (Lipinski definition) is 3. The van der Waals surface area contributed by atoms with Gasteiger partial charge in [0.1, 0.15) is 0 Å². The highest BCUT2D eigenvalue weighted by Crippen LogP contribution is 2.36. The van der Waals surface area contributed by atoms with Crippen molar-refractivity contribution in [3.8, 4) is 0 Å². The first-order chi connectivity index (χ1) is 11.4. The van der Waals surface area contributed by atoms with Crippen LogP contribution in [0.3, 0.4) is 0 Å². The fourth-order valence-electron chi connectivity index (χ4n) is 2.73. The predicted molar refractivity (Wildman–Crippen MR) is 87.3 cm³/mol. The molecule has 1 aliphatic rings. The van der Waals surface area contributed by atoms with Gasteiger partial charge >= 0.3 is 0 Å². The number of ether oxygens (including phenoxy) is 2. The van der Waals surface area contributed by atoms with Gasteiger partial charge in [0.15, 0.2) is 6.29 Å². The number of carbonyl (C=O) groups excluding carboxylic acids is 1. The largest absolute Gasteiger partial charge is 0.352 e. The molecule has 1 amide bonds. The average molecular weight is 339 g/mol. The van der Waals surface area contributed by atoms with Crippen molar-refractivity contribution < 1.29 is 23.0 Å². The van der Waals surface area contributed by atoms with Gasteiger partial charge in [-0.15, -0.1) is 0 Å². The third kappa shape index (κ3) is 5.11. The maximum Gasteiger partial charge on any atom is 0.248 e. The van der Waals surface area contributed by atoms with E-state index in [1.54, 1.807) is 6.08 Å². The van der Waals surface area contributed by atoms with Crippen LogP contribution in [0.1, 0.15) is 31.2 Å². The Kier molecular flexibility index (Phi) is 6.45. The third-order valence-electron chi connectivity index (χ3n) is 4.20. The minimum absolute atomic E-state index is 0.193. The summed E-state index contributed by atoms with van der Waals surface area (Å²) in [6.45, 7) is 0. The van der Waals surface area contributed by atoms with Gasteiger partial charge in [-0.1, -0.05) is 30.3 Å². The van der Waals surface area contributed by atoms with E-state index in [1.165, 1.54) is 14.2 Å². The van der Waals surface area contributed by atoms with Crippen LogP contribution in [-0.4, -0.2) is 32.3 Å². The van der Waals surface area contributed by atoms with E-state index >= 15 is 0 Å². The number of nitrogens with one attached hydrogen (secondary N) is 1. The average Bonchev–Trinajstić information content (AvgIpc) is 2.59.